The van der Waals surface area contributed by atoms with Gasteiger partial charge < -0.3 is 10.2 Å². The summed E-state index contributed by atoms with van der Waals surface area (Å²) in [5.41, 5.74) is -0.0720. The second-order valence-corrected chi connectivity index (χ2v) is 6.03. The van der Waals surface area contributed by atoms with Gasteiger partial charge in [-0.3, -0.25) is 0 Å². The highest BCUT2D eigenvalue weighted by molar-refractivity contribution is 6.30. The summed E-state index contributed by atoms with van der Waals surface area (Å²) in [6, 6.07) is 11.6. The van der Waals surface area contributed by atoms with Crippen LogP contribution >= 0.6 is 11.6 Å². The molecule has 3 rings (SSSR count). The standard InChI is InChI=1S/C18H13ClF4N4/c1-27(14-8-2-11(19)3-9-14)16-15(18(21,22)23)10-24-17(26-16)25-13-6-4-12(20)5-7-13/h2-10H,1H3,(H,24,25,26). The van der Waals surface area contributed by atoms with E-state index >= 15 is 0 Å². The van der Waals surface area contributed by atoms with Crippen LogP contribution in [0.15, 0.2) is 54.7 Å². The first-order chi connectivity index (χ1) is 12.7. The van der Waals surface area contributed by atoms with Gasteiger partial charge >= 0.3 is 6.18 Å². The number of anilines is 4. The average molecular weight is 397 g/mol. The van der Waals surface area contributed by atoms with E-state index in [0.717, 1.165) is 0 Å². The lowest BCUT2D eigenvalue weighted by atomic mass is 10.2. The molecule has 1 aromatic heterocycles. The fraction of sp³-hybridized carbons (Fsp3) is 0.111. The summed E-state index contributed by atoms with van der Waals surface area (Å²) in [5.74, 6) is -0.813. The lowest BCUT2D eigenvalue weighted by molar-refractivity contribution is -0.137. The summed E-state index contributed by atoms with van der Waals surface area (Å²) in [6.07, 6.45) is -3.93. The molecule has 9 heteroatoms. The third kappa shape index (κ3) is 4.46. The Kier molecular flexibility index (Phi) is 5.18. The Balaban J connectivity index is 2.00. The maximum atomic E-state index is 13.4. The van der Waals surface area contributed by atoms with Gasteiger partial charge in [0.15, 0.2) is 5.82 Å². The highest BCUT2D eigenvalue weighted by atomic mass is 35.5. The zero-order valence-electron chi connectivity index (χ0n) is 13.9. The van der Waals surface area contributed by atoms with E-state index in [0.29, 0.717) is 22.6 Å². The molecule has 0 aliphatic heterocycles. The third-order valence-corrected chi connectivity index (χ3v) is 3.96. The van der Waals surface area contributed by atoms with Crippen molar-refractivity contribution >= 4 is 34.7 Å². The summed E-state index contributed by atoms with van der Waals surface area (Å²) in [7, 11) is 1.46. The van der Waals surface area contributed by atoms with E-state index in [1.807, 2.05) is 0 Å². The van der Waals surface area contributed by atoms with Gasteiger partial charge in [0.05, 0.1) is 0 Å². The molecule has 27 heavy (non-hydrogen) atoms. The molecular formula is C18H13ClF4N4. The van der Waals surface area contributed by atoms with Gasteiger partial charge in [0.2, 0.25) is 5.95 Å². The SMILES string of the molecule is CN(c1ccc(Cl)cc1)c1nc(Nc2ccc(F)cc2)ncc1C(F)(F)F. The van der Waals surface area contributed by atoms with Gasteiger partial charge in [-0.25, -0.2) is 9.37 Å². The molecule has 0 unspecified atom stereocenters. The minimum atomic E-state index is -4.63. The molecule has 2 aromatic carbocycles. The van der Waals surface area contributed by atoms with Crippen LogP contribution in [0.1, 0.15) is 5.56 Å². The molecule has 140 valence electrons. The maximum absolute atomic E-state index is 13.4. The Morgan fingerprint density at radius 2 is 1.63 bits per heavy atom. The van der Waals surface area contributed by atoms with Gasteiger partial charge in [-0.15, -0.1) is 0 Å². The van der Waals surface area contributed by atoms with Crippen LogP contribution in [0.25, 0.3) is 0 Å². The van der Waals surface area contributed by atoms with Crippen molar-refractivity contribution in [2.45, 2.75) is 6.18 Å². The lowest BCUT2D eigenvalue weighted by Gasteiger charge is -2.23. The topological polar surface area (TPSA) is 41.1 Å². The third-order valence-electron chi connectivity index (χ3n) is 3.71. The molecule has 0 aliphatic carbocycles. The fourth-order valence-electron chi connectivity index (χ4n) is 2.34. The maximum Gasteiger partial charge on any atom is 0.421 e. The molecule has 0 fully saturated rings. The van der Waals surface area contributed by atoms with Crippen LogP contribution in [0.4, 0.5) is 40.7 Å². The van der Waals surface area contributed by atoms with Crippen LogP contribution in [-0.2, 0) is 6.18 Å². The summed E-state index contributed by atoms with van der Waals surface area (Å²) < 4.78 is 53.2. The normalized spacial score (nSPS) is 11.3. The Morgan fingerprint density at radius 1 is 1.00 bits per heavy atom. The molecule has 4 nitrogen and oxygen atoms in total. The van der Waals surface area contributed by atoms with E-state index in [2.05, 4.69) is 15.3 Å². The van der Waals surface area contributed by atoms with Gasteiger partial charge in [0, 0.05) is 29.6 Å². The highest BCUT2D eigenvalue weighted by Gasteiger charge is 2.36. The Bertz CT molecular complexity index is 928. The number of hydrogen-bond donors (Lipinski definition) is 1. The van der Waals surface area contributed by atoms with E-state index in [9.17, 15) is 17.6 Å². The fourth-order valence-corrected chi connectivity index (χ4v) is 2.46. The number of benzene rings is 2. The second-order valence-electron chi connectivity index (χ2n) is 5.60. The van der Waals surface area contributed by atoms with Crippen LogP contribution in [0.3, 0.4) is 0 Å². The predicted octanol–water partition coefficient (Wildman–Crippen LogP) is 5.80. The second kappa shape index (κ2) is 7.40. The Labute approximate surface area is 157 Å². The highest BCUT2D eigenvalue weighted by Crippen LogP contribution is 2.37. The lowest BCUT2D eigenvalue weighted by Crippen LogP contribution is -2.19. The molecule has 0 aliphatic rings. The molecule has 0 atom stereocenters. The van der Waals surface area contributed by atoms with E-state index in [1.165, 1.54) is 36.2 Å². The summed E-state index contributed by atoms with van der Waals surface area (Å²) in [6.45, 7) is 0. The van der Waals surface area contributed by atoms with Crippen LogP contribution in [-0.4, -0.2) is 17.0 Å². The molecule has 0 bridgehead atoms. The largest absolute Gasteiger partial charge is 0.421 e. The minimum Gasteiger partial charge on any atom is -0.329 e. The van der Waals surface area contributed by atoms with Gasteiger partial charge in [-0.2, -0.15) is 18.2 Å². The van der Waals surface area contributed by atoms with Crippen LogP contribution in [0, 0.1) is 5.82 Å². The van der Waals surface area contributed by atoms with E-state index < -0.39 is 17.6 Å². The molecule has 0 amide bonds. The Hall–Kier alpha value is -2.87. The predicted molar refractivity (Wildman–Crippen MR) is 96.2 cm³/mol. The number of hydrogen-bond acceptors (Lipinski definition) is 4. The first-order valence-electron chi connectivity index (χ1n) is 7.70. The smallest absolute Gasteiger partial charge is 0.329 e. The van der Waals surface area contributed by atoms with Crippen LogP contribution < -0.4 is 10.2 Å². The number of alkyl halides is 3. The number of aromatic nitrogens is 2. The summed E-state index contributed by atoms with van der Waals surface area (Å²) in [5, 5.41) is 3.22. The summed E-state index contributed by atoms with van der Waals surface area (Å²) >= 11 is 5.83. The molecule has 0 radical (unpaired) electrons. The van der Waals surface area contributed by atoms with Crippen molar-refractivity contribution in [3.8, 4) is 0 Å². The summed E-state index contributed by atoms with van der Waals surface area (Å²) in [4.78, 5) is 9.03. The van der Waals surface area contributed by atoms with Crippen molar-refractivity contribution < 1.29 is 17.6 Å². The van der Waals surface area contributed by atoms with Gasteiger partial charge in [0.1, 0.15) is 11.4 Å². The zero-order chi connectivity index (χ0) is 19.6. The molecule has 0 saturated carbocycles. The molecular weight excluding hydrogens is 384 g/mol. The van der Waals surface area contributed by atoms with Crippen LogP contribution in [0.2, 0.25) is 5.02 Å². The molecule has 3 aromatic rings. The zero-order valence-corrected chi connectivity index (χ0v) is 14.7. The van der Waals surface area contributed by atoms with Crippen molar-refractivity contribution in [1.29, 1.82) is 0 Å². The van der Waals surface area contributed by atoms with Crippen molar-refractivity contribution in [1.82, 2.24) is 9.97 Å². The molecule has 1 N–H and O–H groups in total. The van der Waals surface area contributed by atoms with Gasteiger partial charge in [-0.1, -0.05) is 11.6 Å². The minimum absolute atomic E-state index is 0.0505. The first-order valence-corrected chi connectivity index (χ1v) is 8.08. The number of halogens is 5. The molecule has 0 saturated heterocycles. The molecule has 1 heterocycles. The van der Waals surface area contributed by atoms with Gasteiger partial charge in [-0.05, 0) is 48.5 Å². The first kappa shape index (κ1) is 18.9. The van der Waals surface area contributed by atoms with Crippen molar-refractivity contribution in [2.75, 3.05) is 17.3 Å². The molecule has 0 spiro atoms. The number of nitrogens with zero attached hydrogens (tertiary/aromatic N) is 3. The number of rotatable bonds is 4. The van der Waals surface area contributed by atoms with Crippen LogP contribution in [0.5, 0.6) is 0 Å². The van der Waals surface area contributed by atoms with Crippen molar-refractivity contribution in [3.05, 3.63) is 71.1 Å². The van der Waals surface area contributed by atoms with E-state index in [4.69, 9.17) is 11.6 Å². The van der Waals surface area contributed by atoms with E-state index in [-0.39, 0.29) is 11.8 Å². The average Bonchev–Trinajstić information content (AvgIpc) is 2.63. The monoisotopic (exact) mass is 396 g/mol. The van der Waals surface area contributed by atoms with E-state index in [1.54, 1.807) is 24.3 Å². The quantitative estimate of drug-likeness (QED) is 0.566. The van der Waals surface area contributed by atoms with Crippen molar-refractivity contribution in [2.24, 2.45) is 0 Å². The number of nitrogens with one attached hydrogen (secondary N) is 1. The van der Waals surface area contributed by atoms with Crippen molar-refractivity contribution in [3.63, 3.8) is 0 Å². The Morgan fingerprint density at radius 3 is 2.22 bits per heavy atom. The van der Waals surface area contributed by atoms with Gasteiger partial charge in [0.25, 0.3) is 0 Å².